The van der Waals surface area contributed by atoms with Gasteiger partial charge in [-0.05, 0) is 29.8 Å². The number of oxime groups is 1. The number of anilines is 2. The number of carbonyl (C=O) groups excluding carboxylic acids is 1. The van der Waals surface area contributed by atoms with Gasteiger partial charge in [-0.2, -0.15) is 0 Å². The molecule has 0 saturated heterocycles. The first-order valence-corrected chi connectivity index (χ1v) is 8.67. The van der Waals surface area contributed by atoms with Crippen LogP contribution in [0.5, 0.6) is 0 Å². The minimum atomic E-state index is -0.530. The minimum absolute atomic E-state index is 0.158. The number of rotatable bonds is 1. The quantitative estimate of drug-likeness (QED) is 0.719. The van der Waals surface area contributed by atoms with E-state index in [2.05, 4.69) is 10.1 Å². The molecule has 2 atom stereocenters. The summed E-state index contributed by atoms with van der Waals surface area (Å²) in [5, 5.41) is 4.41. The van der Waals surface area contributed by atoms with Crippen LogP contribution in [0.25, 0.3) is 0 Å². The van der Waals surface area contributed by atoms with Crippen molar-refractivity contribution in [3.05, 3.63) is 89.7 Å². The highest BCUT2D eigenvalue weighted by atomic mass is 16.6. The largest absolute Gasteiger partial charge is 0.386 e. The first kappa shape index (κ1) is 15.6. The number of pyridine rings is 1. The smallest absolute Gasteiger partial charge is 0.323 e. The van der Waals surface area contributed by atoms with Gasteiger partial charge in [-0.15, -0.1) is 0 Å². The third-order valence-corrected chi connectivity index (χ3v) is 5.06. The molecule has 2 N–H and O–H groups in total. The van der Waals surface area contributed by atoms with Crippen LogP contribution >= 0.6 is 0 Å². The Labute approximate surface area is 155 Å². The van der Waals surface area contributed by atoms with Gasteiger partial charge in [0.2, 0.25) is 0 Å². The van der Waals surface area contributed by atoms with E-state index in [1.807, 2.05) is 60.7 Å². The Morgan fingerprint density at radius 2 is 1.56 bits per heavy atom. The zero-order valence-electron chi connectivity index (χ0n) is 14.3. The molecular formula is C21H16N4O2. The Hall–Kier alpha value is -3.67. The molecule has 6 heteroatoms. The van der Waals surface area contributed by atoms with E-state index in [4.69, 9.17) is 10.6 Å². The third-order valence-electron chi connectivity index (χ3n) is 5.06. The summed E-state index contributed by atoms with van der Waals surface area (Å²) in [6.45, 7) is 0. The number of carbonyl (C=O) groups is 1. The van der Waals surface area contributed by atoms with Crippen molar-refractivity contribution in [2.24, 2.45) is 10.9 Å². The van der Waals surface area contributed by atoms with Gasteiger partial charge >= 0.3 is 6.03 Å². The van der Waals surface area contributed by atoms with E-state index in [0.29, 0.717) is 0 Å². The zero-order valence-corrected chi connectivity index (χ0v) is 14.3. The number of primary amides is 1. The number of benzene rings is 2. The molecule has 0 saturated carbocycles. The van der Waals surface area contributed by atoms with Crippen molar-refractivity contribution in [2.45, 2.75) is 12.0 Å². The highest BCUT2D eigenvalue weighted by molar-refractivity contribution is 6.09. The van der Waals surface area contributed by atoms with Crippen LogP contribution in [0, 0.1) is 0 Å². The Bertz CT molecular complexity index is 1060. The van der Waals surface area contributed by atoms with Crippen LogP contribution in [0.3, 0.4) is 0 Å². The molecule has 3 heterocycles. The molecule has 5 rings (SSSR count). The van der Waals surface area contributed by atoms with E-state index in [1.165, 1.54) is 0 Å². The van der Waals surface area contributed by atoms with E-state index < -0.39 is 6.03 Å². The first-order chi connectivity index (χ1) is 13.3. The standard InChI is InChI=1S/C21H16N4O2/c22-21(26)25-16-7-3-1-5-14(16)18-19(13-9-11-23-12-10-13)24-27-20(18)15-6-2-4-8-17(15)25/h1-12,18,20H,(H2,22,26). The highest BCUT2D eigenvalue weighted by Gasteiger charge is 2.43. The van der Waals surface area contributed by atoms with Crippen LogP contribution in [0.4, 0.5) is 16.2 Å². The number of nitrogens with two attached hydrogens (primary N) is 1. The van der Waals surface area contributed by atoms with Gasteiger partial charge in [0.1, 0.15) is 0 Å². The van der Waals surface area contributed by atoms with E-state index in [9.17, 15) is 4.79 Å². The molecule has 132 valence electrons. The van der Waals surface area contributed by atoms with E-state index >= 15 is 0 Å². The summed E-state index contributed by atoms with van der Waals surface area (Å²) in [5.74, 6) is -0.158. The fourth-order valence-electron chi connectivity index (χ4n) is 3.93. The molecule has 0 fully saturated rings. The fourth-order valence-corrected chi connectivity index (χ4v) is 3.93. The number of hydrogen-bond donors (Lipinski definition) is 1. The molecule has 0 aliphatic carbocycles. The molecule has 0 spiro atoms. The molecule has 3 aromatic rings. The van der Waals surface area contributed by atoms with Gasteiger partial charge in [-0.1, -0.05) is 41.6 Å². The predicted octanol–water partition coefficient (Wildman–Crippen LogP) is 3.87. The fraction of sp³-hybridized carbons (Fsp3) is 0.0952. The average molecular weight is 356 g/mol. The lowest BCUT2D eigenvalue weighted by Crippen LogP contribution is -2.32. The summed E-state index contributed by atoms with van der Waals surface area (Å²) in [6, 6.07) is 18.7. The zero-order chi connectivity index (χ0) is 18.4. The minimum Gasteiger partial charge on any atom is -0.386 e. The van der Waals surface area contributed by atoms with Crippen molar-refractivity contribution < 1.29 is 9.63 Å². The number of urea groups is 1. The average Bonchev–Trinajstić information content (AvgIpc) is 3.09. The summed E-state index contributed by atoms with van der Waals surface area (Å²) >= 11 is 0. The van der Waals surface area contributed by atoms with E-state index in [1.54, 1.807) is 17.3 Å². The lowest BCUT2D eigenvalue weighted by molar-refractivity contribution is 0.0773. The Balaban J connectivity index is 1.78. The van der Waals surface area contributed by atoms with Crippen LogP contribution in [0.1, 0.15) is 28.7 Å². The molecule has 2 aliphatic heterocycles. The molecule has 1 aromatic heterocycles. The van der Waals surface area contributed by atoms with Crippen molar-refractivity contribution in [3.8, 4) is 0 Å². The van der Waals surface area contributed by atoms with Gasteiger partial charge < -0.3 is 10.6 Å². The van der Waals surface area contributed by atoms with E-state index in [-0.39, 0.29) is 12.0 Å². The van der Waals surface area contributed by atoms with Gasteiger partial charge in [0.05, 0.1) is 23.0 Å². The molecule has 2 amide bonds. The molecule has 2 aliphatic rings. The van der Waals surface area contributed by atoms with Crippen molar-refractivity contribution >= 4 is 23.1 Å². The monoisotopic (exact) mass is 356 g/mol. The molecular weight excluding hydrogens is 340 g/mol. The maximum absolute atomic E-state index is 12.4. The molecule has 6 nitrogen and oxygen atoms in total. The normalized spacial score (nSPS) is 19.9. The van der Waals surface area contributed by atoms with Gasteiger partial charge in [0.25, 0.3) is 0 Å². The summed E-state index contributed by atoms with van der Waals surface area (Å²) < 4.78 is 0. The van der Waals surface area contributed by atoms with E-state index in [0.717, 1.165) is 33.8 Å². The van der Waals surface area contributed by atoms with Crippen molar-refractivity contribution in [2.75, 3.05) is 4.90 Å². The Morgan fingerprint density at radius 3 is 2.26 bits per heavy atom. The van der Waals surface area contributed by atoms with Crippen molar-refractivity contribution in [1.29, 1.82) is 0 Å². The SMILES string of the molecule is NC(=O)N1c2ccccc2C2ON=C(c3ccncc3)C2c2ccccc21. The van der Waals surface area contributed by atoms with Crippen LogP contribution in [-0.2, 0) is 4.84 Å². The number of para-hydroxylation sites is 2. The molecule has 0 radical (unpaired) electrons. The maximum atomic E-state index is 12.4. The highest BCUT2D eigenvalue weighted by Crippen LogP contribution is 2.51. The van der Waals surface area contributed by atoms with Crippen molar-refractivity contribution in [1.82, 2.24) is 4.98 Å². The number of fused-ring (bicyclic) bond motifs is 5. The molecule has 27 heavy (non-hydrogen) atoms. The second kappa shape index (κ2) is 5.95. The third kappa shape index (κ3) is 2.30. The summed E-state index contributed by atoms with van der Waals surface area (Å²) in [6.07, 6.45) is 3.13. The lowest BCUT2D eigenvalue weighted by atomic mass is 9.83. The predicted molar refractivity (Wildman–Crippen MR) is 102 cm³/mol. The molecule has 0 bridgehead atoms. The summed E-state index contributed by atoms with van der Waals surface area (Å²) in [4.78, 5) is 23.9. The van der Waals surface area contributed by atoms with Crippen LogP contribution in [0.15, 0.2) is 78.2 Å². The van der Waals surface area contributed by atoms with Crippen LogP contribution in [0.2, 0.25) is 0 Å². The maximum Gasteiger partial charge on any atom is 0.323 e. The summed E-state index contributed by atoms with van der Waals surface area (Å²) in [7, 11) is 0. The molecule has 2 aromatic carbocycles. The number of hydrogen-bond acceptors (Lipinski definition) is 4. The first-order valence-electron chi connectivity index (χ1n) is 8.67. The second-order valence-electron chi connectivity index (χ2n) is 6.51. The lowest BCUT2D eigenvalue weighted by Gasteiger charge is -2.23. The van der Waals surface area contributed by atoms with Crippen LogP contribution < -0.4 is 10.6 Å². The van der Waals surface area contributed by atoms with Gasteiger partial charge in [0.15, 0.2) is 6.10 Å². The number of nitrogens with zero attached hydrogens (tertiary/aromatic N) is 3. The number of amides is 2. The van der Waals surface area contributed by atoms with Gasteiger partial charge in [-0.25, -0.2) is 4.79 Å². The number of aromatic nitrogens is 1. The van der Waals surface area contributed by atoms with Crippen molar-refractivity contribution in [3.63, 3.8) is 0 Å². The topological polar surface area (TPSA) is 80.8 Å². The second-order valence-corrected chi connectivity index (χ2v) is 6.51. The van der Waals surface area contributed by atoms with Gasteiger partial charge in [-0.3, -0.25) is 9.88 Å². The molecule has 2 unspecified atom stereocenters. The van der Waals surface area contributed by atoms with Crippen LogP contribution in [-0.4, -0.2) is 16.7 Å². The van der Waals surface area contributed by atoms with Gasteiger partial charge in [0, 0.05) is 23.5 Å². The Kier molecular flexibility index (Phi) is 3.43. The summed E-state index contributed by atoms with van der Waals surface area (Å²) in [5.41, 5.74) is 10.8. The Morgan fingerprint density at radius 1 is 0.926 bits per heavy atom.